The molecule has 0 fully saturated rings. The molecular formula is C84H46Br2. The van der Waals surface area contributed by atoms with Gasteiger partial charge in [-0.3, -0.25) is 0 Å². The Hall–Kier alpha value is -9.96. The first kappa shape index (κ1) is 48.4. The van der Waals surface area contributed by atoms with Crippen molar-refractivity contribution >= 4 is 183 Å². The molecule has 20 aromatic carbocycles. The van der Waals surface area contributed by atoms with Crippen LogP contribution in [0, 0.1) is 0 Å². The molecule has 0 N–H and O–H groups in total. The van der Waals surface area contributed by atoms with Gasteiger partial charge in [-0.25, -0.2) is 0 Å². The normalized spacial score (nSPS) is 12.3. The first-order valence-electron chi connectivity index (χ1n) is 29.6. The van der Waals surface area contributed by atoms with Gasteiger partial charge in [-0.1, -0.05) is 287 Å². The van der Waals surface area contributed by atoms with E-state index in [1.807, 2.05) is 0 Å². The van der Waals surface area contributed by atoms with Gasteiger partial charge in [0.05, 0.1) is 0 Å². The summed E-state index contributed by atoms with van der Waals surface area (Å²) in [6.07, 6.45) is 0. The van der Waals surface area contributed by atoms with E-state index >= 15 is 0 Å². The number of benzene rings is 16. The van der Waals surface area contributed by atoms with Crippen LogP contribution in [-0.4, -0.2) is 0 Å². The van der Waals surface area contributed by atoms with Gasteiger partial charge in [-0.15, -0.1) is 0 Å². The Morgan fingerprint density at radius 1 is 0.140 bits per heavy atom. The van der Waals surface area contributed by atoms with Crippen molar-refractivity contribution in [2.24, 2.45) is 0 Å². The molecule has 0 atom stereocenters. The van der Waals surface area contributed by atoms with E-state index in [0.717, 1.165) is 8.95 Å². The molecule has 0 unspecified atom stereocenters. The zero-order valence-corrected chi connectivity index (χ0v) is 49.5. The van der Waals surface area contributed by atoms with Crippen LogP contribution in [0.2, 0.25) is 0 Å². The van der Waals surface area contributed by atoms with E-state index < -0.39 is 0 Å². The molecule has 0 aliphatic heterocycles. The molecule has 20 aromatic rings. The molecule has 396 valence electrons. The summed E-state index contributed by atoms with van der Waals surface area (Å²) in [5.74, 6) is 0. The lowest BCUT2D eigenvalue weighted by Crippen LogP contribution is -1.91. The van der Waals surface area contributed by atoms with E-state index in [4.69, 9.17) is 0 Å². The highest BCUT2D eigenvalue weighted by molar-refractivity contribution is 9.11. The Kier molecular flexibility index (Phi) is 10.3. The number of fused-ring (bicyclic) bond motifs is 16. The molecule has 20 rings (SSSR count). The predicted octanol–water partition coefficient (Wildman–Crippen LogP) is 25.5. The van der Waals surface area contributed by atoms with Crippen LogP contribution in [0.4, 0.5) is 0 Å². The topological polar surface area (TPSA) is 0 Å². The molecule has 86 heavy (non-hydrogen) atoms. The van der Waals surface area contributed by atoms with Crippen LogP contribution in [0.3, 0.4) is 0 Å². The molecule has 0 radical (unpaired) electrons. The number of rotatable bonds is 4. The van der Waals surface area contributed by atoms with Gasteiger partial charge < -0.3 is 0 Å². The van der Waals surface area contributed by atoms with Crippen molar-refractivity contribution in [2.45, 2.75) is 0 Å². The second kappa shape index (κ2) is 18.3. The second-order valence-corrected chi connectivity index (χ2v) is 25.1. The summed E-state index contributed by atoms with van der Waals surface area (Å²) >= 11 is 7.76. The summed E-state index contributed by atoms with van der Waals surface area (Å²) in [5, 5.41) is 37.1. The lowest BCUT2D eigenvalue weighted by molar-refractivity contribution is 1.68. The predicted molar refractivity (Wildman–Crippen MR) is 380 cm³/mol. The molecule has 0 bridgehead atoms. The first-order valence-corrected chi connectivity index (χ1v) is 31.2. The van der Waals surface area contributed by atoms with Crippen LogP contribution in [0.5, 0.6) is 0 Å². The third-order valence-corrected chi connectivity index (χ3v) is 20.6. The van der Waals surface area contributed by atoms with E-state index in [1.165, 1.54) is 195 Å². The fourth-order valence-corrected chi connectivity index (χ4v) is 16.9. The van der Waals surface area contributed by atoms with E-state index in [0.29, 0.717) is 0 Å². The van der Waals surface area contributed by atoms with Gasteiger partial charge in [-0.2, -0.15) is 0 Å². The first-order chi connectivity index (χ1) is 42.6. The quantitative estimate of drug-likeness (QED) is 0.154. The molecule has 0 heterocycles. The Balaban J connectivity index is 0.000000126. The zero-order valence-electron chi connectivity index (χ0n) is 46.3. The van der Waals surface area contributed by atoms with Crippen molar-refractivity contribution in [1.82, 2.24) is 0 Å². The van der Waals surface area contributed by atoms with Gasteiger partial charge in [0, 0.05) is 8.95 Å². The number of hydrogen-bond acceptors (Lipinski definition) is 0. The van der Waals surface area contributed by atoms with Crippen LogP contribution in [-0.2, 0) is 0 Å². The van der Waals surface area contributed by atoms with Crippen molar-refractivity contribution in [3.8, 4) is 44.5 Å². The van der Waals surface area contributed by atoms with Crippen molar-refractivity contribution in [3.63, 3.8) is 0 Å². The zero-order chi connectivity index (χ0) is 56.5. The van der Waals surface area contributed by atoms with Gasteiger partial charge in [0.1, 0.15) is 0 Å². The minimum Gasteiger partial charge on any atom is -0.0622 e. The lowest BCUT2D eigenvalue weighted by atomic mass is 9.84. The van der Waals surface area contributed by atoms with Crippen LogP contribution in [0.1, 0.15) is 0 Å². The van der Waals surface area contributed by atoms with E-state index in [9.17, 15) is 0 Å². The number of hydrogen-bond donors (Lipinski definition) is 0. The average Bonchev–Trinajstić information content (AvgIpc) is 1.54. The molecule has 0 saturated carbocycles. The Labute approximate surface area is 511 Å². The second-order valence-electron chi connectivity index (χ2n) is 23.4. The third-order valence-electron chi connectivity index (χ3n) is 19.2. The largest absolute Gasteiger partial charge is 0.0622 e. The monoisotopic (exact) mass is 1210 g/mol. The van der Waals surface area contributed by atoms with Gasteiger partial charge in [-0.05, 0) is 220 Å². The van der Waals surface area contributed by atoms with Gasteiger partial charge in [0.25, 0.3) is 0 Å². The summed E-state index contributed by atoms with van der Waals surface area (Å²) < 4.78 is 2.27. The van der Waals surface area contributed by atoms with Crippen LogP contribution in [0.15, 0.2) is 288 Å². The number of halogens is 2. The molecule has 0 aromatic heterocycles. The molecule has 0 aliphatic rings. The fourth-order valence-electron chi connectivity index (χ4n) is 16.0. The van der Waals surface area contributed by atoms with Gasteiger partial charge in [0.2, 0.25) is 0 Å². The van der Waals surface area contributed by atoms with E-state index in [2.05, 4.69) is 311 Å². The average molecular weight is 1220 g/mol. The summed E-state index contributed by atoms with van der Waals surface area (Å²) in [6, 6.07) is 103. The summed E-state index contributed by atoms with van der Waals surface area (Å²) in [4.78, 5) is 0. The third kappa shape index (κ3) is 6.52. The lowest BCUT2D eigenvalue weighted by Gasteiger charge is -2.19. The highest BCUT2D eigenvalue weighted by Gasteiger charge is 2.29. The van der Waals surface area contributed by atoms with Crippen LogP contribution >= 0.6 is 31.9 Å². The standard InChI is InChI=1S/2C42H23Br/c43-35-22-21-32-39-29(35)18-10-20-31(39)42-37(25-13-5-2-6-14-25)40-30-19-9-17-28-26-15-7-8-16-27(26)33(38(28)30)23-34(40)36(41(32)42)24-11-3-1-4-12-24;43-35-22-21-32-39-29(35)18-10-20-31(39)41-36(24-11-3-1-4-12-24)34-23-33-27-16-8-7-15-26(27)28-17-9-19-30(38(28)33)40(34)37(42(32)41)25-13-5-2-6-14-25/h2*1-23H. The highest BCUT2D eigenvalue weighted by Crippen LogP contribution is 2.57. The summed E-state index contributed by atoms with van der Waals surface area (Å²) in [6.45, 7) is 0. The molecule has 2 heteroatoms. The van der Waals surface area contributed by atoms with Crippen LogP contribution in [0.25, 0.3) is 195 Å². The minimum absolute atomic E-state index is 1.14. The van der Waals surface area contributed by atoms with Crippen molar-refractivity contribution in [1.29, 1.82) is 0 Å². The molecule has 0 saturated heterocycles. The molecular weight excluding hydrogens is 1170 g/mol. The Morgan fingerprint density at radius 3 is 0.744 bits per heavy atom. The SMILES string of the molecule is Brc1ccc2c3c(-c4ccccc4)c4c(cc5c6ccccc6c6cccc4c65)c(-c4ccccc4)c3c3cccc1c32.Brc1ccc2c3c(-c4ccccc4)c4cc5c6ccccc6c6cccc(c4c(-c4ccccc4)c3c3cccc1c23)c65. The van der Waals surface area contributed by atoms with Gasteiger partial charge in [0.15, 0.2) is 0 Å². The smallest absolute Gasteiger partial charge is 0.0254 e. The van der Waals surface area contributed by atoms with Gasteiger partial charge >= 0.3 is 0 Å². The Bertz CT molecular complexity index is 5840. The maximum Gasteiger partial charge on any atom is 0.0254 e. The Morgan fingerprint density at radius 2 is 0.384 bits per heavy atom. The van der Waals surface area contributed by atoms with Crippen molar-refractivity contribution in [3.05, 3.63) is 288 Å². The summed E-state index contributed by atoms with van der Waals surface area (Å²) in [5.41, 5.74) is 10.3. The maximum absolute atomic E-state index is 3.88. The maximum atomic E-state index is 3.88. The fraction of sp³-hybridized carbons (Fsp3) is 0. The minimum atomic E-state index is 1.14. The van der Waals surface area contributed by atoms with Crippen molar-refractivity contribution in [2.75, 3.05) is 0 Å². The van der Waals surface area contributed by atoms with Crippen LogP contribution < -0.4 is 0 Å². The van der Waals surface area contributed by atoms with E-state index in [1.54, 1.807) is 0 Å². The van der Waals surface area contributed by atoms with Crippen molar-refractivity contribution < 1.29 is 0 Å². The summed E-state index contributed by atoms with van der Waals surface area (Å²) in [7, 11) is 0. The molecule has 0 aliphatic carbocycles. The molecule has 0 nitrogen and oxygen atoms in total. The molecule has 0 amide bonds. The highest BCUT2D eigenvalue weighted by atomic mass is 79.9. The molecule has 0 spiro atoms. The van der Waals surface area contributed by atoms with E-state index in [-0.39, 0.29) is 0 Å².